The topological polar surface area (TPSA) is 38.4 Å². The highest BCUT2D eigenvalue weighted by Crippen LogP contribution is 2.29. The Hall–Kier alpha value is -2.30. The summed E-state index contributed by atoms with van der Waals surface area (Å²) >= 11 is 0. The number of amidine groups is 1. The van der Waals surface area contributed by atoms with Crippen molar-refractivity contribution in [2.45, 2.75) is 19.0 Å². The van der Waals surface area contributed by atoms with Gasteiger partial charge < -0.3 is 5.73 Å². The van der Waals surface area contributed by atoms with Crippen LogP contribution in [-0.4, -0.2) is 12.4 Å². The van der Waals surface area contributed by atoms with Crippen LogP contribution in [0.3, 0.4) is 0 Å². The van der Waals surface area contributed by atoms with Gasteiger partial charge in [0.2, 0.25) is 0 Å². The molecule has 0 saturated carbocycles. The van der Waals surface area contributed by atoms with E-state index in [1.807, 2.05) is 30.3 Å². The smallest absolute Gasteiger partial charge is 0.384 e. The summed E-state index contributed by atoms with van der Waals surface area (Å²) in [5, 5.41) is 0. The molecular formula is C17H17F3N2. The van der Waals surface area contributed by atoms with E-state index >= 15 is 0 Å². The molecule has 2 rings (SSSR count). The van der Waals surface area contributed by atoms with Crippen LogP contribution in [0.15, 0.2) is 59.6 Å². The van der Waals surface area contributed by atoms with Crippen molar-refractivity contribution in [2.24, 2.45) is 10.7 Å². The Labute approximate surface area is 127 Å². The molecule has 2 aromatic rings. The molecule has 0 spiro atoms. The fourth-order valence-electron chi connectivity index (χ4n) is 2.05. The average molecular weight is 306 g/mol. The second-order valence-electron chi connectivity index (χ2n) is 4.93. The molecule has 0 saturated heterocycles. The molecule has 0 radical (unpaired) electrons. The fourth-order valence-corrected chi connectivity index (χ4v) is 2.05. The number of alkyl halides is 3. The molecule has 0 fully saturated rings. The molecule has 0 aliphatic rings. The lowest BCUT2D eigenvalue weighted by molar-refractivity contribution is -0.137. The highest BCUT2D eigenvalue weighted by Gasteiger charge is 2.29. The maximum atomic E-state index is 12.5. The van der Waals surface area contributed by atoms with Gasteiger partial charge in [0, 0.05) is 12.1 Å². The minimum absolute atomic E-state index is 0.266. The van der Waals surface area contributed by atoms with Crippen LogP contribution in [-0.2, 0) is 12.6 Å². The molecule has 0 aliphatic carbocycles. The van der Waals surface area contributed by atoms with Crippen molar-refractivity contribution in [3.8, 4) is 0 Å². The van der Waals surface area contributed by atoms with Crippen LogP contribution in [0.1, 0.15) is 23.1 Å². The Morgan fingerprint density at radius 2 is 1.59 bits per heavy atom. The predicted octanol–water partition coefficient (Wildman–Crippen LogP) is 4.04. The van der Waals surface area contributed by atoms with Crippen molar-refractivity contribution in [1.82, 2.24) is 0 Å². The van der Waals surface area contributed by atoms with E-state index in [1.54, 1.807) is 0 Å². The van der Waals surface area contributed by atoms with E-state index in [0.717, 1.165) is 25.0 Å². The zero-order valence-corrected chi connectivity index (χ0v) is 12.0. The summed E-state index contributed by atoms with van der Waals surface area (Å²) in [6.45, 7) is 0.543. The van der Waals surface area contributed by atoms with Crippen LogP contribution < -0.4 is 5.73 Å². The third-order valence-corrected chi connectivity index (χ3v) is 3.26. The summed E-state index contributed by atoms with van der Waals surface area (Å²) in [4.78, 5) is 4.21. The zero-order valence-electron chi connectivity index (χ0n) is 12.0. The molecular weight excluding hydrogens is 289 g/mol. The molecule has 116 valence electrons. The lowest BCUT2D eigenvalue weighted by atomic mass is 10.1. The van der Waals surface area contributed by atoms with Gasteiger partial charge in [-0.1, -0.05) is 42.5 Å². The molecule has 2 nitrogen and oxygen atoms in total. The monoisotopic (exact) mass is 306 g/mol. The van der Waals surface area contributed by atoms with Crippen molar-refractivity contribution in [3.63, 3.8) is 0 Å². The average Bonchev–Trinajstić information content (AvgIpc) is 2.52. The number of aliphatic imine (C=N–C) groups is 1. The van der Waals surface area contributed by atoms with E-state index in [-0.39, 0.29) is 5.84 Å². The van der Waals surface area contributed by atoms with Crippen LogP contribution in [0.4, 0.5) is 13.2 Å². The first-order valence-electron chi connectivity index (χ1n) is 6.98. The largest absolute Gasteiger partial charge is 0.416 e. The first kappa shape index (κ1) is 16.1. The second-order valence-corrected chi connectivity index (χ2v) is 4.93. The van der Waals surface area contributed by atoms with E-state index in [2.05, 4.69) is 4.99 Å². The van der Waals surface area contributed by atoms with Gasteiger partial charge in [-0.3, -0.25) is 4.99 Å². The summed E-state index contributed by atoms with van der Waals surface area (Å²) < 4.78 is 37.4. The number of nitrogens with zero attached hydrogens (tertiary/aromatic N) is 1. The molecule has 0 bridgehead atoms. The number of hydrogen-bond donors (Lipinski definition) is 1. The summed E-state index contributed by atoms with van der Waals surface area (Å²) in [6.07, 6.45) is -2.60. The van der Waals surface area contributed by atoms with Crippen molar-refractivity contribution >= 4 is 5.84 Å². The molecule has 2 N–H and O–H groups in total. The molecule has 0 heterocycles. The first-order chi connectivity index (χ1) is 10.5. The van der Waals surface area contributed by atoms with Crippen LogP contribution in [0.2, 0.25) is 0 Å². The van der Waals surface area contributed by atoms with Gasteiger partial charge in [-0.2, -0.15) is 13.2 Å². The number of hydrogen-bond acceptors (Lipinski definition) is 1. The number of halogens is 3. The fraction of sp³-hybridized carbons (Fsp3) is 0.235. The van der Waals surface area contributed by atoms with E-state index in [9.17, 15) is 13.2 Å². The number of benzene rings is 2. The number of aryl methyl sites for hydroxylation is 1. The minimum Gasteiger partial charge on any atom is -0.384 e. The molecule has 2 aromatic carbocycles. The third kappa shape index (κ3) is 4.62. The van der Waals surface area contributed by atoms with Crippen LogP contribution in [0.5, 0.6) is 0 Å². The molecule has 0 unspecified atom stereocenters. The highest BCUT2D eigenvalue weighted by molar-refractivity contribution is 5.97. The Morgan fingerprint density at radius 3 is 2.18 bits per heavy atom. The van der Waals surface area contributed by atoms with Crippen molar-refractivity contribution in [2.75, 3.05) is 6.54 Å². The van der Waals surface area contributed by atoms with Gasteiger partial charge in [-0.25, -0.2) is 0 Å². The second kappa shape index (κ2) is 7.11. The molecule has 0 amide bonds. The van der Waals surface area contributed by atoms with Crippen molar-refractivity contribution in [3.05, 3.63) is 71.3 Å². The Bertz CT molecular complexity index is 617. The third-order valence-electron chi connectivity index (χ3n) is 3.26. The predicted molar refractivity (Wildman–Crippen MR) is 81.8 cm³/mol. The zero-order chi connectivity index (χ0) is 16.0. The van der Waals surface area contributed by atoms with E-state index in [4.69, 9.17) is 5.73 Å². The first-order valence-corrected chi connectivity index (χ1v) is 6.98. The Morgan fingerprint density at radius 1 is 0.955 bits per heavy atom. The highest BCUT2D eigenvalue weighted by atomic mass is 19.4. The SMILES string of the molecule is NC(=NCCCc1ccccc1)c1ccc(C(F)(F)F)cc1. The van der Waals surface area contributed by atoms with Gasteiger partial charge in [-0.05, 0) is 30.5 Å². The maximum absolute atomic E-state index is 12.5. The number of rotatable bonds is 5. The minimum atomic E-state index is -4.33. The van der Waals surface area contributed by atoms with Gasteiger partial charge >= 0.3 is 6.18 Å². The van der Waals surface area contributed by atoms with Crippen molar-refractivity contribution < 1.29 is 13.2 Å². The summed E-state index contributed by atoms with van der Waals surface area (Å²) in [7, 11) is 0. The van der Waals surface area contributed by atoms with Crippen LogP contribution >= 0.6 is 0 Å². The quantitative estimate of drug-likeness (QED) is 0.505. The summed E-state index contributed by atoms with van der Waals surface area (Å²) in [5.41, 5.74) is 6.85. The lowest BCUT2D eigenvalue weighted by Gasteiger charge is -2.07. The normalized spacial score (nSPS) is 12.4. The van der Waals surface area contributed by atoms with E-state index < -0.39 is 11.7 Å². The van der Waals surface area contributed by atoms with E-state index in [0.29, 0.717) is 12.1 Å². The van der Waals surface area contributed by atoms with Crippen molar-refractivity contribution in [1.29, 1.82) is 0 Å². The van der Waals surface area contributed by atoms with Crippen LogP contribution in [0.25, 0.3) is 0 Å². The van der Waals surface area contributed by atoms with Gasteiger partial charge in [0.1, 0.15) is 5.84 Å². The van der Waals surface area contributed by atoms with Crippen LogP contribution in [0, 0.1) is 0 Å². The lowest BCUT2D eigenvalue weighted by Crippen LogP contribution is -2.15. The Kier molecular flexibility index (Phi) is 5.20. The Balaban J connectivity index is 1.89. The van der Waals surface area contributed by atoms with Gasteiger partial charge in [0.25, 0.3) is 0 Å². The van der Waals surface area contributed by atoms with Gasteiger partial charge in [0.05, 0.1) is 5.56 Å². The summed E-state index contributed by atoms with van der Waals surface area (Å²) in [5.74, 6) is 0.266. The molecule has 22 heavy (non-hydrogen) atoms. The molecule has 0 aliphatic heterocycles. The van der Waals surface area contributed by atoms with E-state index in [1.165, 1.54) is 17.7 Å². The molecule has 5 heteroatoms. The van der Waals surface area contributed by atoms with Gasteiger partial charge in [0.15, 0.2) is 0 Å². The standard InChI is InChI=1S/C17H17F3N2/c18-17(19,20)15-10-8-14(9-11-15)16(21)22-12-4-7-13-5-2-1-3-6-13/h1-3,5-6,8-11H,4,7,12H2,(H2,21,22). The maximum Gasteiger partial charge on any atom is 0.416 e. The van der Waals surface area contributed by atoms with Gasteiger partial charge in [-0.15, -0.1) is 0 Å². The summed E-state index contributed by atoms with van der Waals surface area (Å²) in [6, 6.07) is 14.7. The molecule has 0 aromatic heterocycles. The number of nitrogens with two attached hydrogens (primary N) is 1. The molecule has 0 atom stereocenters.